The van der Waals surface area contributed by atoms with Crippen molar-refractivity contribution in [3.8, 4) is 0 Å². The van der Waals surface area contributed by atoms with Crippen molar-refractivity contribution in [2.75, 3.05) is 13.6 Å². The normalized spacial score (nSPS) is 16.2. The minimum atomic E-state index is -3.95. The predicted molar refractivity (Wildman–Crippen MR) is 95.3 cm³/mol. The van der Waals surface area contributed by atoms with Crippen LogP contribution in [0, 0.1) is 0 Å². The van der Waals surface area contributed by atoms with E-state index in [0.29, 0.717) is 17.4 Å². The third kappa shape index (κ3) is 2.48. The molecule has 1 aliphatic rings. The summed E-state index contributed by atoms with van der Waals surface area (Å²) >= 11 is 0. The number of para-hydroxylation sites is 1. The van der Waals surface area contributed by atoms with Crippen molar-refractivity contribution in [1.29, 1.82) is 0 Å². The average molecular weight is 363 g/mol. The number of sulfonamides is 1. The molecule has 0 saturated carbocycles. The number of likely N-dealkylation sites (N-methyl/N-ethyl adjacent to an activating group) is 1. The molecule has 2 aromatic rings. The molecule has 8 heteroatoms. The summed E-state index contributed by atoms with van der Waals surface area (Å²) < 4.78 is 28.5. The number of fused-ring (bicyclic) bond motifs is 3. The number of nitrogens with zero attached hydrogens (tertiary/aromatic N) is 2. The first kappa shape index (κ1) is 17.3. The summed E-state index contributed by atoms with van der Waals surface area (Å²) in [5.41, 5.74) is 0.554. The van der Waals surface area contributed by atoms with Gasteiger partial charge in [0.25, 0.3) is 15.9 Å². The number of aliphatic hydroxyl groups excluding tert-OH is 1. The number of carbonyl (C=O) groups is 1. The molecule has 1 aliphatic heterocycles. The Balaban J connectivity index is 2.25. The number of aryl methyl sites for hydroxylation is 1. The molecule has 2 heterocycles. The van der Waals surface area contributed by atoms with E-state index < -0.39 is 15.9 Å². The zero-order valence-electron chi connectivity index (χ0n) is 14.4. The molecule has 0 aliphatic carbocycles. The highest BCUT2D eigenvalue weighted by molar-refractivity contribution is 7.89. The number of benzene rings is 1. The Morgan fingerprint density at radius 2 is 1.92 bits per heavy atom. The number of hydrogen-bond acceptors (Lipinski definition) is 4. The molecule has 1 aromatic carbocycles. The van der Waals surface area contributed by atoms with Gasteiger partial charge >= 0.3 is 0 Å². The lowest BCUT2D eigenvalue weighted by atomic mass is 10.2. The maximum atomic E-state index is 13.0. The molecule has 25 heavy (non-hydrogen) atoms. The van der Waals surface area contributed by atoms with Crippen LogP contribution in [0.2, 0.25) is 0 Å². The first-order valence-electron chi connectivity index (χ1n) is 8.10. The summed E-state index contributed by atoms with van der Waals surface area (Å²) in [5, 5.41) is 13.9. The number of carbonyl (C=O) groups excluding carboxylic acids is 1. The van der Waals surface area contributed by atoms with Crippen LogP contribution in [0.5, 0.6) is 0 Å². The van der Waals surface area contributed by atoms with Crippen LogP contribution in [-0.4, -0.2) is 41.9 Å². The fourth-order valence-corrected chi connectivity index (χ4v) is 4.73. The van der Waals surface area contributed by atoms with Crippen molar-refractivity contribution in [1.82, 2.24) is 14.2 Å². The molecule has 7 nitrogen and oxygen atoms in total. The Hall–Kier alpha value is -2.48. The molecule has 0 atom stereocenters. The first-order chi connectivity index (χ1) is 11.8. The summed E-state index contributed by atoms with van der Waals surface area (Å²) in [6.45, 7) is 2.41. The third-order valence-electron chi connectivity index (χ3n) is 4.47. The molecule has 0 fully saturated rings. The quantitative estimate of drug-likeness (QED) is 0.812. The lowest BCUT2D eigenvalue weighted by Gasteiger charge is -2.27. The highest BCUT2D eigenvalue weighted by Crippen LogP contribution is 2.40. The van der Waals surface area contributed by atoms with E-state index in [-0.39, 0.29) is 22.0 Å². The van der Waals surface area contributed by atoms with Crippen molar-refractivity contribution in [2.45, 2.75) is 24.7 Å². The number of rotatable bonds is 4. The number of unbranched alkanes of at least 4 members (excludes halogenated alkanes) is 1. The Kier molecular flexibility index (Phi) is 4.24. The fourth-order valence-electron chi connectivity index (χ4n) is 3.12. The van der Waals surface area contributed by atoms with Crippen molar-refractivity contribution >= 4 is 32.6 Å². The number of aromatic nitrogens is 1. The fraction of sp³-hybridized carbons (Fsp3) is 0.353. The molecule has 0 spiro atoms. The smallest absolute Gasteiger partial charge is 0.272 e. The Labute approximate surface area is 146 Å². The van der Waals surface area contributed by atoms with Crippen molar-refractivity contribution in [2.24, 2.45) is 7.05 Å². The summed E-state index contributed by atoms with van der Waals surface area (Å²) in [6, 6.07) is 7.01. The summed E-state index contributed by atoms with van der Waals surface area (Å²) in [5.74, 6) is -0.937. The first-order valence-corrected chi connectivity index (χ1v) is 9.54. The van der Waals surface area contributed by atoms with Crippen molar-refractivity contribution in [3.63, 3.8) is 0 Å². The van der Waals surface area contributed by atoms with Gasteiger partial charge in [-0.1, -0.05) is 31.5 Å². The summed E-state index contributed by atoms with van der Waals surface area (Å²) in [7, 11) is -0.996. The van der Waals surface area contributed by atoms with Gasteiger partial charge in [-0.25, -0.2) is 8.42 Å². The van der Waals surface area contributed by atoms with Gasteiger partial charge in [0.2, 0.25) is 0 Å². The zero-order chi connectivity index (χ0) is 18.4. The SMILES string of the molecule is CCCCNC(=O)C1=C(O)c2c(c3ccccc3n2C)S(=O)(=O)N1C. The zero-order valence-corrected chi connectivity index (χ0v) is 15.2. The van der Waals surface area contributed by atoms with Crippen LogP contribution in [-0.2, 0) is 21.9 Å². The van der Waals surface area contributed by atoms with Crippen molar-refractivity contribution in [3.05, 3.63) is 35.7 Å². The predicted octanol–water partition coefficient (Wildman–Crippen LogP) is 1.96. The van der Waals surface area contributed by atoms with Gasteiger partial charge in [0.05, 0.1) is 0 Å². The maximum absolute atomic E-state index is 13.0. The minimum absolute atomic E-state index is 0.0238. The van der Waals surface area contributed by atoms with Gasteiger partial charge in [-0.15, -0.1) is 0 Å². The Bertz CT molecular complexity index is 989. The van der Waals surface area contributed by atoms with Crippen LogP contribution < -0.4 is 5.32 Å². The van der Waals surface area contributed by atoms with Crippen LogP contribution in [0.4, 0.5) is 0 Å². The molecule has 1 aromatic heterocycles. The van der Waals surface area contributed by atoms with Gasteiger partial charge in [0.1, 0.15) is 10.6 Å². The second-order valence-corrected chi connectivity index (χ2v) is 7.94. The maximum Gasteiger partial charge on any atom is 0.272 e. The van der Waals surface area contributed by atoms with Gasteiger partial charge in [-0.05, 0) is 12.5 Å². The van der Waals surface area contributed by atoms with Crippen LogP contribution in [0.1, 0.15) is 25.5 Å². The van der Waals surface area contributed by atoms with E-state index in [2.05, 4.69) is 5.32 Å². The average Bonchev–Trinajstić information content (AvgIpc) is 2.88. The second kappa shape index (κ2) is 6.11. The van der Waals surface area contributed by atoms with E-state index in [4.69, 9.17) is 0 Å². The molecular weight excluding hydrogens is 342 g/mol. The monoisotopic (exact) mass is 363 g/mol. The molecule has 3 rings (SSSR count). The number of amides is 1. The van der Waals surface area contributed by atoms with Gasteiger partial charge in [-0.3, -0.25) is 9.10 Å². The molecule has 134 valence electrons. The number of hydrogen-bond donors (Lipinski definition) is 2. The van der Waals surface area contributed by atoms with Crippen LogP contribution in [0.3, 0.4) is 0 Å². The summed E-state index contributed by atoms with van der Waals surface area (Å²) in [6.07, 6.45) is 1.67. The molecule has 0 saturated heterocycles. The van der Waals surface area contributed by atoms with E-state index in [1.807, 2.05) is 6.92 Å². The Morgan fingerprint density at radius 3 is 2.60 bits per heavy atom. The van der Waals surface area contributed by atoms with E-state index in [1.54, 1.807) is 35.9 Å². The van der Waals surface area contributed by atoms with E-state index in [1.165, 1.54) is 7.05 Å². The third-order valence-corrected chi connectivity index (χ3v) is 6.31. The van der Waals surface area contributed by atoms with Crippen LogP contribution in [0.25, 0.3) is 16.7 Å². The van der Waals surface area contributed by atoms with Crippen LogP contribution in [0.15, 0.2) is 34.9 Å². The van der Waals surface area contributed by atoms with Gasteiger partial charge in [-0.2, -0.15) is 0 Å². The lowest BCUT2D eigenvalue weighted by Crippen LogP contribution is -2.40. The van der Waals surface area contributed by atoms with Crippen LogP contribution >= 0.6 is 0 Å². The molecule has 0 radical (unpaired) electrons. The lowest BCUT2D eigenvalue weighted by molar-refractivity contribution is -0.118. The molecule has 1 amide bonds. The highest BCUT2D eigenvalue weighted by Gasteiger charge is 2.41. The Morgan fingerprint density at radius 1 is 1.24 bits per heavy atom. The highest BCUT2D eigenvalue weighted by atomic mass is 32.2. The standard InChI is InChI=1S/C17H21N3O4S/c1-4-5-10-18-17(22)14-15(21)13-16(25(23,24)20(14)3)11-8-6-7-9-12(11)19(13)2/h6-9,21H,4-5,10H2,1-3H3,(H,18,22). The molecular formula is C17H21N3O4S. The van der Waals surface area contributed by atoms with E-state index >= 15 is 0 Å². The number of nitrogens with one attached hydrogen (secondary N) is 1. The molecule has 0 bridgehead atoms. The minimum Gasteiger partial charge on any atom is -0.504 e. The topological polar surface area (TPSA) is 91.6 Å². The number of aliphatic hydroxyl groups is 1. The van der Waals surface area contributed by atoms with Crippen molar-refractivity contribution < 1.29 is 18.3 Å². The van der Waals surface area contributed by atoms with Gasteiger partial charge in [0, 0.05) is 31.5 Å². The van der Waals surface area contributed by atoms with Gasteiger partial charge < -0.3 is 15.0 Å². The van der Waals surface area contributed by atoms with E-state index in [0.717, 1.165) is 17.1 Å². The second-order valence-electron chi connectivity index (χ2n) is 6.03. The molecule has 0 unspecified atom stereocenters. The molecule has 2 N–H and O–H groups in total. The van der Waals surface area contributed by atoms with E-state index in [9.17, 15) is 18.3 Å². The summed E-state index contributed by atoms with van der Waals surface area (Å²) in [4.78, 5) is 12.5. The van der Waals surface area contributed by atoms with Gasteiger partial charge in [0.15, 0.2) is 11.5 Å². The largest absolute Gasteiger partial charge is 0.504 e.